The summed E-state index contributed by atoms with van der Waals surface area (Å²) in [5.41, 5.74) is 2.35. The number of oxazole rings is 1. The van der Waals surface area contributed by atoms with E-state index < -0.39 is 5.82 Å². The molecular weight excluding hydrogens is 285 g/mol. The Morgan fingerprint density at radius 1 is 1.50 bits per heavy atom. The number of hydrogen-bond donors (Lipinski definition) is 3. The van der Waals surface area contributed by atoms with Gasteiger partial charge in [-0.05, 0) is 36.3 Å². The molecule has 2 rings (SSSR count). The molecule has 22 heavy (non-hydrogen) atoms. The van der Waals surface area contributed by atoms with E-state index >= 15 is 0 Å². The molecule has 2 aromatic rings. The summed E-state index contributed by atoms with van der Waals surface area (Å²) in [7, 11) is 0. The van der Waals surface area contributed by atoms with E-state index in [-0.39, 0.29) is 6.61 Å². The van der Waals surface area contributed by atoms with Gasteiger partial charge in [0.2, 0.25) is 0 Å². The van der Waals surface area contributed by atoms with Crippen molar-refractivity contribution in [3.05, 3.63) is 53.5 Å². The van der Waals surface area contributed by atoms with E-state index in [0.717, 1.165) is 12.1 Å². The second-order valence-electron chi connectivity index (χ2n) is 4.68. The van der Waals surface area contributed by atoms with Gasteiger partial charge in [0, 0.05) is 30.9 Å². The summed E-state index contributed by atoms with van der Waals surface area (Å²) in [6.45, 7) is 2.43. The van der Waals surface area contributed by atoms with E-state index in [1.165, 1.54) is 24.7 Å². The van der Waals surface area contributed by atoms with E-state index in [4.69, 9.17) is 9.83 Å². The maximum absolute atomic E-state index is 13.3. The highest BCUT2D eigenvalue weighted by Crippen LogP contribution is 2.28. The minimum atomic E-state index is -0.412. The van der Waals surface area contributed by atoms with Crippen molar-refractivity contribution in [1.82, 2.24) is 10.3 Å². The van der Waals surface area contributed by atoms with Crippen molar-refractivity contribution in [3.8, 4) is 11.3 Å². The molecular formula is C16H18FN3O2. The third-order valence-corrected chi connectivity index (χ3v) is 3.18. The van der Waals surface area contributed by atoms with Gasteiger partial charge in [-0.2, -0.15) is 0 Å². The summed E-state index contributed by atoms with van der Waals surface area (Å²) in [6, 6.07) is 4.17. The largest absolute Gasteiger partial charge is 0.447 e. The number of aliphatic hydroxyl groups is 1. The maximum Gasteiger partial charge on any atom is 0.181 e. The van der Waals surface area contributed by atoms with Crippen LogP contribution in [0.1, 0.15) is 18.2 Å². The van der Waals surface area contributed by atoms with E-state index in [0.29, 0.717) is 29.0 Å². The first kappa shape index (κ1) is 15.9. The lowest BCUT2D eigenvalue weighted by atomic mass is 10.0. The van der Waals surface area contributed by atoms with Crippen LogP contribution in [0.15, 0.2) is 40.8 Å². The van der Waals surface area contributed by atoms with Crippen LogP contribution < -0.4 is 5.32 Å². The topological polar surface area (TPSA) is 82.1 Å². The summed E-state index contributed by atoms with van der Waals surface area (Å²) >= 11 is 0. The summed E-state index contributed by atoms with van der Waals surface area (Å²) in [4.78, 5) is 4.17. The molecule has 3 N–H and O–H groups in total. The zero-order valence-electron chi connectivity index (χ0n) is 12.3. The molecule has 116 valence electrons. The molecule has 1 aromatic heterocycles. The van der Waals surface area contributed by atoms with Crippen LogP contribution >= 0.6 is 0 Å². The number of nitrogens with one attached hydrogen (secondary N) is 2. The quantitative estimate of drug-likeness (QED) is 0.687. The highest BCUT2D eigenvalue weighted by Gasteiger charge is 2.15. The van der Waals surface area contributed by atoms with Crippen molar-refractivity contribution in [2.24, 2.45) is 0 Å². The Kier molecular flexibility index (Phi) is 5.43. The third kappa shape index (κ3) is 3.59. The summed E-state index contributed by atoms with van der Waals surface area (Å²) in [6.07, 6.45) is 4.68. The fourth-order valence-electron chi connectivity index (χ4n) is 2.10. The second kappa shape index (κ2) is 7.51. The highest BCUT2D eigenvalue weighted by molar-refractivity contribution is 5.77. The number of hydrogen-bond acceptors (Lipinski definition) is 5. The molecule has 0 fully saturated rings. The van der Waals surface area contributed by atoms with Gasteiger partial charge in [-0.25, -0.2) is 9.37 Å². The zero-order valence-corrected chi connectivity index (χ0v) is 12.3. The Morgan fingerprint density at radius 3 is 3.00 bits per heavy atom. The fraction of sp³-hybridized carbons (Fsp3) is 0.250. The van der Waals surface area contributed by atoms with Crippen molar-refractivity contribution < 1.29 is 13.9 Å². The van der Waals surface area contributed by atoms with Crippen molar-refractivity contribution in [2.45, 2.75) is 20.0 Å². The molecule has 1 heterocycles. The molecule has 0 radical (unpaired) electrons. The van der Waals surface area contributed by atoms with Gasteiger partial charge in [0.15, 0.2) is 6.39 Å². The Hall–Kier alpha value is -2.47. The van der Waals surface area contributed by atoms with Gasteiger partial charge < -0.3 is 20.2 Å². The average molecular weight is 303 g/mol. The van der Waals surface area contributed by atoms with Gasteiger partial charge >= 0.3 is 0 Å². The number of aromatic nitrogens is 1. The molecule has 0 aliphatic heterocycles. The minimum absolute atomic E-state index is 0.288. The Labute approximate surface area is 128 Å². The molecule has 5 nitrogen and oxygen atoms in total. The average Bonchev–Trinajstić information content (AvgIpc) is 2.99. The minimum Gasteiger partial charge on any atom is -0.447 e. The number of nitrogens with zero attached hydrogens (tertiary/aromatic N) is 1. The Morgan fingerprint density at radius 2 is 2.32 bits per heavy atom. The standard InChI is InChI=1S/C16H18FN3O2/c1-2-19-8-11(7-18)5-15-16(20-10-22-15)14-4-3-13(17)6-12(14)9-21/h3-4,6-8,10,18-19,21H,2,5,9H2,1H3/b11-8-,18-7?. The summed E-state index contributed by atoms with van der Waals surface area (Å²) in [5.74, 6) is 0.152. The van der Waals surface area contributed by atoms with Crippen molar-refractivity contribution in [1.29, 1.82) is 5.41 Å². The SMILES string of the molecule is CCN/C=C(\C=N)Cc1ocnc1-c1ccc(F)cc1CO. The lowest BCUT2D eigenvalue weighted by Crippen LogP contribution is -2.06. The van der Waals surface area contributed by atoms with Crippen LogP contribution in [0.25, 0.3) is 11.3 Å². The monoisotopic (exact) mass is 303 g/mol. The van der Waals surface area contributed by atoms with Crippen LogP contribution in [-0.4, -0.2) is 22.8 Å². The maximum atomic E-state index is 13.3. The van der Waals surface area contributed by atoms with E-state index in [1.807, 2.05) is 6.92 Å². The third-order valence-electron chi connectivity index (χ3n) is 3.18. The van der Waals surface area contributed by atoms with Crippen LogP contribution in [0.5, 0.6) is 0 Å². The number of allylic oxidation sites excluding steroid dienone is 1. The first-order valence-corrected chi connectivity index (χ1v) is 6.94. The molecule has 0 atom stereocenters. The molecule has 0 unspecified atom stereocenters. The van der Waals surface area contributed by atoms with Crippen LogP contribution in [0.3, 0.4) is 0 Å². The number of aliphatic hydroxyl groups excluding tert-OH is 1. The normalized spacial score (nSPS) is 11.5. The van der Waals surface area contributed by atoms with Crippen molar-refractivity contribution in [3.63, 3.8) is 0 Å². The summed E-state index contributed by atoms with van der Waals surface area (Å²) < 4.78 is 18.7. The first-order valence-electron chi connectivity index (χ1n) is 6.94. The molecule has 0 aliphatic rings. The van der Waals surface area contributed by atoms with Crippen LogP contribution in [0.4, 0.5) is 4.39 Å². The molecule has 1 aromatic carbocycles. The van der Waals surface area contributed by atoms with Gasteiger partial charge in [-0.15, -0.1) is 0 Å². The molecule has 0 saturated heterocycles. The Bertz CT molecular complexity index is 680. The van der Waals surface area contributed by atoms with Crippen molar-refractivity contribution in [2.75, 3.05) is 6.54 Å². The first-order chi connectivity index (χ1) is 10.7. The van der Waals surface area contributed by atoms with Crippen LogP contribution in [-0.2, 0) is 13.0 Å². The second-order valence-corrected chi connectivity index (χ2v) is 4.68. The van der Waals surface area contributed by atoms with Gasteiger partial charge in [-0.1, -0.05) is 0 Å². The lowest BCUT2D eigenvalue weighted by molar-refractivity contribution is 0.281. The predicted octanol–water partition coefficient (Wildman–Crippen LogP) is 2.66. The molecule has 0 bridgehead atoms. The molecule has 0 aliphatic carbocycles. The molecule has 0 saturated carbocycles. The van der Waals surface area contributed by atoms with E-state index in [9.17, 15) is 9.50 Å². The molecule has 6 heteroatoms. The van der Waals surface area contributed by atoms with E-state index in [2.05, 4.69) is 10.3 Å². The van der Waals surface area contributed by atoms with Gasteiger partial charge in [0.25, 0.3) is 0 Å². The lowest BCUT2D eigenvalue weighted by Gasteiger charge is -2.07. The van der Waals surface area contributed by atoms with Crippen LogP contribution in [0.2, 0.25) is 0 Å². The highest BCUT2D eigenvalue weighted by atomic mass is 19.1. The van der Waals surface area contributed by atoms with Gasteiger partial charge in [0.05, 0.1) is 6.61 Å². The van der Waals surface area contributed by atoms with Gasteiger partial charge in [0.1, 0.15) is 17.3 Å². The Balaban J connectivity index is 2.35. The molecule has 0 amide bonds. The number of benzene rings is 1. The van der Waals surface area contributed by atoms with Crippen molar-refractivity contribution >= 4 is 6.21 Å². The van der Waals surface area contributed by atoms with E-state index in [1.54, 1.807) is 12.3 Å². The zero-order chi connectivity index (χ0) is 15.9. The molecule has 0 spiro atoms. The van der Waals surface area contributed by atoms with Gasteiger partial charge in [-0.3, -0.25) is 0 Å². The number of rotatable bonds is 7. The van der Waals surface area contributed by atoms with Crippen LogP contribution in [0, 0.1) is 11.2 Å². The number of halogens is 1. The summed E-state index contributed by atoms with van der Waals surface area (Å²) in [5, 5.41) is 19.9. The fourth-order valence-corrected chi connectivity index (χ4v) is 2.10. The predicted molar refractivity (Wildman–Crippen MR) is 82.1 cm³/mol. The smallest absolute Gasteiger partial charge is 0.181 e.